The predicted octanol–water partition coefficient (Wildman–Crippen LogP) is 0.495. The standard InChI is InChI=1S/C13H19N5O/c1-15-7-5-18(6-7)12-11-10(16-13(14)17-12)8-3-2-4-9(8)19-11/h7-9,15H,2-6H2,1H3,(H2,14,16,17). The molecule has 0 aromatic carbocycles. The molecule has 1 saturated heterocycles. The molecule has 102 valence electrons. The van der Waals surface area contributed by atoms with E-state index >= 15 is 0 Å². The average Bonchev–Trinajstić information content (AvgIpc) is 2.89. The van der Waals surface area contributed by atoms with Crippen molar-refractivity contribution < 1.29 is 4.74 Å². The number of likely N-dealkylation sites (N-methyl/N-ethyl adjacent to an activating group) is 1. The van der Waals surface area contributed by atoms with Crippen LogP contribution in [0.3, 0.4) is 0 Å². The summed E-state index contributed by atoms with van der Waals surface area (Å²) in [4.78, 5) is 11.1. The van der Waals surface area contributed by atoms with Gasteiger partial charge in [-0.25, -0.2) is 4.98 Å². The molecular weight excluding hydrogens is 242 g/mol. The zero-order valence-corrected chi connectivity index (χ0v) is 11.1. The second-order valence-electron chi connectivity index (χ2n) is 5.70. The summed E-state index contributed by atoms with van der Waals surface area (Å²) in [6, 6.07) is 0.535. The average molecular weight is 261 g/mol. The van der Waals surface area contributed by atoms with E-state index in [9.17, 15) is 0 Å². The van der Waals surface area contributed by atoms with E-state index in [-0.39, 0.29) is 0 Å². The van der Waals surface area contributed by atoms with Gasteiger partial charge in [0.15, 0.2) is 11.6 Å². The molecule has 1 aromatic rings. The summed E-state index contributed by atoms with van der Waals surface area (Å²) in [5, 5.41) is 3.27. The highest BCUT2D eigenvalue weighted by Crippen LogP contribution is 2.49. The van der Waals surface area contributed by atoms with Gasteiger partial charge in [0.25, 0.3) is 0 Å². The van der Waals surface area contributed by atoms with Crippen molar-refractivity contribution in [2.24, 2.45) is 0 Å². The van der Waals surface area contributed by atoms with Crippen molar-refractivity contribution in [3.8, 4) is 5.75 Å². The summed E-state index contributed by atoms with van der Waals surface area (Å²) >= 11 is 0. The minimum atomic E-state index is 0.297. The van der Waals surface area contributed by atoms with E-state index in [0.717, 1.165) is 43.2 Å². The smallest absolute Gasteiger partial charge is 0.222 e. The van der Waals surface area contributed by atoms with Crippen molar-refractivity contribution in [3.05, 3.63) is 5.69 Å². The van der Waals surface area contributed by atoms with Crippen LogP contribution in [0.15, 0.2) is 0 Å². The normalized spacial score (nSPS) is 28.8. The summed E-state index contributed by atoms with van der Waals surface area (Å²) in [6.45, 7) is 1.91. The van der Waals surface area contributed by atoms with Crippen LogP contribution < -0.4 is 20.7 Å². The third kappa shape index (κ3) is 1.59. The third-order valence-corrected chi connectivity index (χ3v) is 4.55. The van der Waals surface area contributed by atoms with Gasteiger partial charge in [-0.3, -0.25) is 0 Å². The van der Waals surface area contributed by atoms with E-state index in [1.165, 1.54) is 6.42 Å². The maximum Gasteiger partial charge on any atom is 0.222 e. The van der Waals surface area contributed by atoms with Crippen LogP contribution in [0, 0.1) is 0 Å². The van der Waals surface area contributed by atoms with Crippen LogP contribution in [0.25, 0.3) is 0 Å². The minimum Gasteiger partial charge on any atom is -0.484 e. The maximum absolute atomic E-state index is 6.10. The van der Waals surface area contributed by atoms with E-state index in [2.05, 4.69) is 20.2 Å². The number of nitrogens with zero attached hydrogens (tertiary/aromatic N) is 3. The monoisotopic (exact) mass is 261 g/mol. The van der Waals surface area contributed by atoms with Crippen LogP contribution in [0.4, 0.5) is 11.8 Å². The van der Waals surface area contributed by atoms with Crippen LogP contribution in [-0.4, -0.2) is 42.3 Å². The summed E-state index contributed by atoms with van der Waals surface area (Å²) in [7, 11) is 1.99. The lowest BCUT2D eigenvalue weighted by atomic mass is 10.0. The molecule has 1 saturated carbocycles. The number of fused-ring (bicyclic) bond motifs is 3. The molecule has 4 rings (SSSR count). The Bertz CT molecular complexity index is 514. The number of nitrogens with one attached hydrogen (secondary N) is 1. The third-order valence-electron chi connectivity index (χ3n) is 4.55. The lowest BCUT2D eigenvalue weighted by Gasteiger charge is -2.40. The number of ether oxygens (including phenoxy) is 1. The number of anilines is 2. The van der Waals surface area contributed by atoms with Crippen LogP contribution >= 0.6 is 0 Å². The zero-order chi connectivity index (χ0) is 13.0. The molecule has 3 heterocycles. The predicted molar refractivity (Wildman–Crippen MR) is 72.5 cm³/mol. The molecule has 2 aliphatic heterocycles. The van der Waals surface area contributed by atoms with Gasteiger partial charge in [-0.15, -0.1) is 0 Å². The molecule has 3 N–H and O–H groups in total. The van der Waals surface area contributed by atoms with Crippen molar-refractivity contribution >= 4 is 11.8 Å². The highest BCUT2D eigenvalue weighted by Gasteiger charge is 2.43. The first-order chi connectivity index (χ1) is 9.26. The molecule has 2 unspecified atom stereocenters. The molecule has 1 aliphatic carbocycles. The largest absolute Gasteiger partial charge is 0.484 e. The van der Waals surface area contributed by atoms with Crippen molar-refractivity contribution in [2.75, 3.05) is 30.8 Å². The van der Waals surface area contributed by atoms with Gasteiger partial charge in [-0.1, -0.05) is 0 Å². The van der Waals surface area contributed by atoms with Crippen LogP contribution in [-0.2, 0) is 0 Å². The highest BCUT2D eigenvalue weighted by atomic mass is 16.5. The number of aromatic nitrogens is 2. The Kier molecular flexibility index (Phi) is 2.35. The first-order valence-corrected chi connectivity index (χ1v) is 7.02. The van der Waals surface area contributed by atoms with Gasteiger partial charge in [0, 0.05) is 25.0 Å². The highest BCUT2D eigenvalue weighted by molar-refractivity contribution is 5.61. The molecule has 2 atom stereocenters. The van der Waals surface area contributed by atoms with E-state index in [1.807, 2.05) is 7.05 Å². The molecule has 0 amide bonds. The molecule has 1 aromatic heterocycles. The van der Waals surface area contributed by atoms with Gasteiger partial charge in [0.2, 0.25) is 5.95 Å². The second-order valence-corrected chi connectivity index (χ2v) is 5.70. The Morgan fingerprint density at radius 2 is 2.16 bits per heavy atom. The number of nitrogen functional groups attached to an aromatic ring is 1. The fourth-order valence-electron chi connectivity index (χ4n) is 3.42. The van der Waals surface area contributed by atoms with Crippen LogP contribution in [0.5, 0.6) is 5.75 Å². The van der Waals surface area contributed by atoms with Crippen molar-refractivity contribution in [2.45, 2.75) is 37.3 Å². The molecule has 0 radical (unpaired) electrons. The first kappa shape index (κ1) is 11.3. The molecule has 6 nitrogen and oxygen atoms in total. The summed E-state index contributed by atoms with van der Waals surface area (Å²) < 4.78 is 6.10. The molecule has 0 spiro atoms. The number of hydrogen-bond donors (Lipinski definition) is 2. The topological polar surface area (TPSA) is 76.3 Å². The molecule has 3 aliphatic rings. The number of hydrogen-bond acceptors (Lipinski definition) is 6. The van der Waals surface area contributed by atoms with E-state index in [0.29, 0.717) is 24.0 Å². The number of rotatable bonds is 2. The summed E-state index contributed by atoms with van der Waals surface area (Å²) in [5.74, 6) is 2.58. The fraction of sp³-hybridized carbons (Fsp3) is 0.692. The maximum atomic E-state index is 6.10. The first-order valence-electron chi connectivity index (χ1n) is 7.02. The Morgan fingerprint density at radius 1 is 1.32 bits per heavy atom. The van der Waals surface area contributed by atoms with Gasteiger partial charge >= 0.3 is 0 Å². The van der Waals surface area contributed by atoms with Crippen molar-refractivity contribution in [1.82, 2.24) is 15.3 Å². The Labute approximate surface area is 112 Å². The molecule has 0 bridgehead atoms. The Balaban J connectivity index is 1.69. The molecule has 6 heteroatoms. The zero-order valence-electron chi connectivity index (χ0n) is 11.1. The van der Waals surface area contributed by atoms with Gasteiger partial charge < -0.3 is 20.7 Å². The Morgan fingerprint density at radius 3 is 2.95 bits per heavy atom. The van der Waals surface area contributed by atoms with Gasteiger partial charge in [-0.2, -0.15) is 4.98 Å². The molecule has 19 heavy (non-hydrogen) atoms. The van der Waals surface area contributed by atoms with Gasteiger partial charge in [0.05, 0.1) is 5.69 Å². The number of nitrogens with two attached hydrogens (primary N) is 1. The lowest BCUT2D eigenvalue weighted by molar-refractivity contribution is 0.224. The van der Waals surface area contributed by atoms with Gasteiger partial charge in [-0.05, 0) is 26.3 Å². The molecule has 2 fully saturated rings. The SMILES string of the molecule is CNC1CN(c2nc(N)nc3c2OC2CCCC32)C1. The quantitative estimate of drug-likeness (QED) is 0.807. The van der Waals surface area contributed by atoms with Crippen LogP contribution in [0.2, 0.25) is 0 Å². The fourth-order valence-corrected chi connectivity index (χ4v) is 3.42. The summed E-state index contributed by atoms with van der Waals surface area (Å²) in [6.07, 6.45) is 3.80. The van der Waals surface area contributed by atoms with E-state index in [4.69, 9.17) is 10.5 Å². The van der Waals surface area contributed by atoms with E-state index in [1.54, 1.807) is 0 Å². The molecular formula is C13H19N5O. The van der Waals surface area contributed by atoms with Crippen molar-refractivity contribution in [1.29, 1.82) is 0 Å². The lowest BCUT2D eigenvalue weighted by Crippen LogP contribution is -2.57. The van der Waals surface area contributed by atoms with E-state index < -0.39 is 0 Å². The van der Waals surface area contributed by atoms with Crippen LogP contribution in [0.1, 0.15) is 30.9 Å². The minimum absolute atomic E-state index is 0.297. The Hall–Kier alpha value is -1.56. The summed E-state index contributed by atoms with van der Waals surface area (Å²) in [5.41, 5.74) is 6.92. The second kappa shape index (κ2) is 3.96. The van der Waals surface area contributed by atoms with Crippen molar-refractivity contribution in [3.63, 3.8) is 0 Å². The van der Waals surface area contributed by atoms with Gasteiger partial charge in [0.1, 0.15) is 6.10 Å².